The van der Waals surface area contributed by atoms with Crippen LogP contribution >= 0.6 is 0 Å². The number of hydrogen-bond donors (Lipinski definition) is 8. The van der Waals surface area contributed by atoms with Gasteiger partial charge < -0.3 is 31.5 Å². The van der Waals surface area contributed by atoms with Gasteiger partial charge in [-0.3, -0.25) is 34.8 Å². The summed E-state index contributed by atoms with van der Waals surface area (Å²) in [6.45, 7) is 2.11. The molecule has 14 nitrogen and oxygen atoms in total. The van der Waals surface area contributed by atoms with Crippen LogP contribution in [0.5, 0.6) is 0 Å². The molecule has 8 N–H and O–H groups in total. The van der Waals surface area contributed by atoms with Crippen molar-refractivity contribution < 1.29 is 39.0 Å². The fourth-order valence-electron chi connectivity index (χ4n) is 3.26. The first-order valence-electron chi connectivity index (χ1n) is 11.6. The molecule has 14 heteroatoms. The standard InChI is InChI=1S/C21H36N6O8/c1-12(29)10-14-19(33)26-27-20(34)17(13(2)30)25-16(31)8-6-4-3-5-7-9-22-18(32)15(11-28)24-21(35)23-14/h13-15,17,28,30H,3-11H2,1-2H3,(H,22,32)(H,25,31)(H,26,33)(H,27,34)(H2,23,24,35)/t13?,14-,15-,17-/m1/s1. The molecule has 0 bridgehead atoms. The first-order valence-corrected chi connectivity index (χ1v) is 11.6. The van der Waals surface area contributed by atoms with Crippen molar-refractivity contribution in [2.45, 2.75) is 83.0 Å². The summed E-state index contributed by atoms with van der Waals surface area (Å²) in [7, 11) is 0. The third-order valence-electron chi connectivity index (χ3n) is 5.19. The van der Waals surface area contributed by atoms with Crippen molar-refractivity contribution in [1.29, 1.82) is 0 Å². The second-order valence-corrected chi connectivity index (χ2v) is 8.38. The molecule has 0 aromatic heterocycles. The minimum Gasteiger partial charge on any atom is -0.394 e. The van der Waals surface area contributed by atoms with E-state index in [2.05, 4.69) is 26.7 Å². The van der Waals surface area contributed by atoms with Crippen LogP contribution in [0.3, 0.4) is 0 Å². The fourth-order valence-corrected chi connectivity index (χ4v) is 3.26. The van der Waals surface area contributed by atoms with Crippen molar-refractivity contribution in [2.24, 2.45) is 0 Å². The average molecular weight is 501 g/mol. The Hall–Kier alpha value is -3.26. The summed E-state index contributed by atoms with van der Waals surface area (Å²) in [5.74, 6) is -3.38. The summed E-state index contributed by atoms with van der Waals surface area (Å²) in [5, 5.41) is 28.8. The molecule has 198 valence electrons. The quantitative estimate of drug-likeness (QED) is 0.206. The van der Waals surface area contributed by atoms with E-state index in [1.54, 1.807) is 0 Å². The second-order valence-electron chi connectivity index (χ2n) is 8.38. The van der Waals surface area contributed by atoms with Crippen LogP contribution in [0.1, 0.15) is 58.8 Å². The van der Waals surface area contributed by atoms with Gasteiger partial charge in [-0.1, -0.05) is 19.3 Å². The molecule has 0 saturated carbocycles. The summed E-state index contributed by atoms with van der Waals surface area (Å²) < 4.78 is 0. The first kappa shape index (κ1) is 29.8. The lowest BCUT2D eigenvalue weighted by molar-refractivity contribution is -0.135. The molecular formula is C21H36N6O8. The third kappa shape index (κ3) is 11.6. The van der Waals surface area contributed by atoms with Crippen LogP contribution in [0, 0.1) is 0 Å². The van der Waals surface area contributed by atoms with Gasteiger partial charge >= 0.3 is 6.03 Å². The lowest BCUT2D eigenvalue weighted by atomic mass is 10.1. The molecule has 0 aromatic carbocycles. The van der Waals surface area contributed by atoms with Crippen molar-refractivity contribution in [1.82, 2.24) is 32.1 Å². The van der Waals surface area contributed by atoms with E-state index < -0.39 is 72.7 Å². The lowest BCUT2D eigenvalue weighted by Crippen LogP contribution is -2.60. The van der Waals surface area contributed by atoms with Gasteiger partial charge in [-0.15, -0.1) is 0 Å². The van der Waals surface area contributed by atoms with Crippen molar-refractivity contribution in [3.63, 3.8) is 0 Å². The lowest BCUT2D eigenvalue weighted by Gasteiger charge is -2.23. The van der Waals surface area contributed by atoms with E-state index in [1.807, 2.05) is 5.43 Å². The van der Waals surface area contributed by atoms with Gasteiger partial charge in [0.2, 0.25) is 11.8 Å². The Labute approximate surface area is 203 Å². The Kier molecular flexibility index (Phi) is 13.3. The zero-order valence-corrected chi connectivity index (χ0v) is 20.0. The largest absolute Gasteiger partial charge is 0.394 e. The molecule has 35 heavy (non-hydrogen) atoms. The molecule has 4 atom stereocenters. The summed E-state index contributed by atoms with van der Waals surface area (Å²) in [6.07, 6.45) is 1.96. The van der Waals surface area contributed by atoms with Gasteiger partial charge in [-0.25, -0.2) is 4.79 Å². The van der Waals surface area contributed by atoms with Gasteiger partial charge in [0, 0.05) is 19.4 Å². The minimum absolute atomic E-state index is 0.135. The number of ketones is 1. The summed E-state index contributed by atoms with van der Waals surface area (Å²) in [5.41, 5.74) is 4.11. The number of aliphatic hydroxyl groups excluding tert-OH is 2. The third-order valence-corrected chi connectivity index (χ3v) is 5.19. The Balaban J connectivity index is 2.99. The molecule has 1 unspecified atom stereocenters. The molecule has 0 radical (unpaired) electrons. The van der Waals surface area contributed by atoms with Crippen molar-refractivity contribution in [3.05, 3.63) is 0 Å². The summed E-state index contributed by atoms with van der Waals surface area (Å²) >= 11 is 0. The molecule has 1 rings (SSSR count). The smallest absolute Gasteiger partial charge is 0.316 e. The Bertz CT molecular complexity index is 775. The first-order chi connectivity index (χ1) is 16.5. The number of hydrogen-bond acceptors (Lipinski definition) is 8. The molecule has 1 fully saturated rings. The Morgan fingerprint density at radius 3 is 2.11 bits per heavy atom. The van der Waals surface area contributed by atoms with Crippen LogP contribution in [-0.4, -0.2) is 83.0 Å². The van der Waals surface area contributed by atoms with Gasteiger partial charge in [0.1, 0.15) is 23.9 Å². The van der Waals surface area contributed by atoms with Crippen LogP contribution < -0.4 is 32.1 Å². The maximum Gasteiger partial charge on any atom is 0.316 e. The van der Waals surface area contributed by atoms with Crippen LogP contribution in [0.2, 0.25) is 0 Å². The molecule has 1 aliphatic rings. The highest BCUT2D eigenvalue weighted by Crippen LogP contribution is 2.06. The van der Waals surface area contributed by atoms with Gasteiger partial charge in [0.15, 0.2) is 0 Å². The van der Waals surface area contributed by atoms with Crippen LogP contribution in [0.25, 0.3) is 0 Å². The molecule has 0 spiro atoms. The highest BCUT2D eigenvalue weighted by molar-refractivity contribution is 5.95. The number of aliphatic hydroxyl groups is 2. The maximum absolute atomic E-state index is 12.5. The highest BCUT2D eigenvalue weighted by atomic mass is 16.3. The molecule has 0 aromatic rings. The number of carbonyl (C=O) groups excluding carboxylic acids is 6. The normalized spacial score (nSPS) is 25.4. The van der Waals surface area contributed by atoms with E-state index >= 15 is 0 Å². The number of hydrazine groups is 1. The zero-order chi connectivity index (χ0) is 26.4. The van der Waals surface area contributed by atoms with Crippen molar-refractivity contribution >= 4 is 35.4 Å². The van der Waals surface area contributed by atoms with E-state index in [4.69, 9.17) is 0 Å². The number of amides is 6. The van der Waals surface area contributed by atoms with Gasteiger partial charge in [0.05, 0.1) is 12.7 Å². The highest BCUT2D eigenvalue weighted by Gasteiger charge is 2.29. The van der Waals surface area contributed by atoms with Crippen molar-refractivity contribution in [2.75, 3.05) is 13.2 Å². The molecule has 1 heterocycles. The average Bonchev–Trinajstić information content (AvgIpc) is 2.79. The molecule has 0 aliphatic carbocycles. The number of urea groups is 1. The van der Waals surface area contributed by atoms with Crippen LogP contribution in [0.4, 0.5) is 4.79 Å². The predicted molar refractivity (Wildman–Crippen MR) is 122 cm³/mol. The van der Waals surface area contributed by atoms with E-state index in [0.717, 1.165) is 19.3 Å². The Morgan fingerprint density at radius 2 is 1.49 bits per heavy atom. The molecule has 1 aliphatic heterocycles. The van der Waals surface area contributed by atoms with E-state index in [9.17, 15) is 39.0 Å². The molecule has 1 saturated heterocycles. The van der Waals surface area contributed by atoms with Crippen molar-refractivity contribution in [3.8, 4) is 0 Å². The maximum atomic E-state index is 12.5. The van der Waals surface area contributed by atoms with Crippen LogP contribution in [0.15, 0.2) is 0 Å². The van der Waals surface area contributed by atoms with E-state index in [-0.39, 0.29) is 6.42 Å². The monoisotopic (exact) mass is 500 g/mol. The van der Waals surface area contributed by atoms with E-state index in [0.29, 0.717) is 19.4 Å². The number of carbonyl (C=O) groups is 6. The summed E-state index contributed by atoms with van der Waals surface area (Å²) in [6, 6.07) is -5.05. The number of Topliss-reactive ketones (excluding diaryl/α,β-unsaturated/α-hetero) is 1. The van der Waals surface area contributed by atoms with Gasteiger partial charge in [0.25, 0.3) is 11.8 Å². The SMILES string of the molecule is CC(=O)C[C@H]1NC(=O)N[C@H](CO)C(=O)NCCCCCCCC(=O)N[C@H](C(C)O)C(=O)NNC1=O. The Morgan fingerprint density at radius 1 is 0.886 bits per heavy atom. The minimum atomic E-state index is -1.43. The zero-order valence-electron chi connectivity index (χ0n) is 20.0. The fraction of sp³-hybridized carbons (Fsp3) is 0.714. The number of nitrogens with one attached hydrogen (secondary N) is 6. The molecule has 6 amide bonds. The second kappa shape index (κ2) is 15.6. The van der Waals surface area contributed by atoms with Gasteiger partial charge in [-0.05, 0) is 26.7 Å². The topological polar surface area (TPSA) is 215 Å². The number of rotatable bonds is 4. The van der Waals surface area contributed by atoms with E-state index in [1.165, 1.54) is 13.8 Å². The van der Waals surface area contributed by atoms with Gasteiger partial charge in [-0.2, -0.15) is 0 Å². The predicted octanol–water partition coefficient (Wildman–Crippen LogP) is -2.52. The summed E-state index contributed by atoms with van der Waals surface area (Å²) in [4.78, 5) is 73.2. The van der Waals surface area contributed by atoms with Crippen LogP contribution in [-0.2, 0) is 24.0 Å². The molecular weight excluding hydrogens is 464 g/mol.